The van der Waals surface area contributed by atoms with Gasteiger partial charge >= 0.3 is 5.97 Å². The van der Waals surface area contributed by atoms with Crippen LogP contribution in [-0.4, -0.2) is 97.8 Å². The summed E-state index contributed by atoms with van der Waals surface area (Å²) in [6.07, 6.45) is 0.245. The van der Waals surface area contributed by atoms with Crippen LogP contribution in [0.2, 0.25) is 0 Å². The van der Waals surface area contributed by atoms with Gasteiger partial charge in [0.25, 0.3) is 0 Å². The Morgan fingerprint density at radius 3 is 2.20 bits per heavy atom. The number of carboxylic acid groups (broad SMARTS) is 1. The summed E-state index contributed by atoms with van der Waals surface area (Å²) in [5.41, 5.74) is -0.208. The number of aliphatic hydroxyl groups excluding tert-OH is 6. The summed E-state index contributed by atoms with van der Waals surface area (Å²) >= 11 is 0. The number of hydrogen-bond acceptors (Lipinski definition) is 9. The van der Waals surface area contributed by atoms with E-state index in [1.54, 1.807) is 0 Å². The van der Waals surface area contributed by atoms with Gasteiger partial charge in [0.2, 0.25) is 0 Å². The first kappa shape index (κ1) is 34.7. The second-order valence-electron chi connectivity index (χ2n) is 17.9. The Kier molecular flexibility index (Phi) is 8.46. The number of rotatable bonds is 5. The van der Waals surface area contributed by atoms with Crippen molar-refractivity contribution in [2.75, 3.05) is 13.2 Å². The van der Waals surface area contributed by atoms with Crippen LogP contribution in [0, 0.1) is 50.2 Å². The maximum Gasteiger partial charge on any atom is 0.335 e. The normalized spacial score (nSPS) is 54.8. The fraction of sp³-hybridized carbons (Fsp3) is 0.917. The van der Waals surface area contributed by atoms with Gasteiger partial charge in [-0.1, -0.05) is 53.2 Å². The van der Waals surface area contributed by atoms with Crippen LogP contribution in [0.5, 0.6) is 0 Å². The Labute approximate surface area is 273 Å². The van der Waals surface area contributed by atoms with Crippen molar-refractivity contribution in [3.8, 4) is 0 Å². The van der Waals surface area contributed by atoms with Crippen molar-refractivity contribution in [3.63, 3.8) is 0 Å². The highest BCUT2D eigenvalue weighted by atomic mass is 16.7. The summed E-state index contributed by atoms with van der Waals surface area (Å²) in [4.78, 5) is 11.7. The maximum absolute atomic E-state index is 11.9. The number of allylic oxidation sites excluding steroid dienone is 2. The van der Waals surface area contributed by atoms with Crippen molar-refractivity contribution in [2.45, 2.75) is 142 Å². The number of ether oxygens (including phenoxy) is 2. The summed E-state index contributed by atoms with van der Waals surface area (Å²) in [6, 6.07) is 0. The quantitative estimate of drug-likeness (QED) is 0.173. The Balaban J connectivity index is 1.32. The third kappa shape index (κ3) is 4.60. The summed E-state index contributed by atoms with van der Waals surface area (Å²) in [5.74, 6) is -1.01. The minimum Gasteiger partial charge on any atom is -0.479 e. The Morgan fingerprint density at radius 1 is 0.870 bits per heavy atom. The molecule has 6 aliphatic rings. The van der Waals surface area contributed by atoms with Crippen LogP contribution in [0.25, 0.3) is 0 Å². The molecule has 0 aromatic rings. The zero-order valence-electron chi connectivity index (χ0n) is 28.5. The largest absolute Gasteiger partial charge is 0.479 e. The molecule has 0 aromatic heterocycles. The molecule has 0 aromatic carbocycles. The van der Waals surface area contributed by atoms with E-state index in [9.17, 15) is 40.5 Å². The van der Waals surface area contributed by atoms with E-state index in [2.05, 4.69) is 40.7 Å². The lowest BCUT2D eigenvalue weighted by Crippen LogP contribution is -2.68. The smallest absolute Gasteiger partial charge is 0.335 e. The highest BCUT2D eigenvalue weighted by molar-refractivity contribution is 5.73. The summed E-state index contributed by atoms with van der Waals surface area (Å²) in [5, 5.41) is 74.6. The molecule has 5 aliphatic carbocycles. The first-order valence-corrected chi connectivity index (χ1v) is 17.5. The lowest BCUT2D eigenvalue weighted by molar-refractivity contribution is -0.327. The van der Waals surface area contributed by atoms with Gasteiger partial charge in [0.1, 0.15) is 18.3 Å². The summed E-state index contributed by atoms with van der Waals surface area (Å²) < 4.78 is 11.8. The molecule has 7 N–H and O–H groups in total. The van der Waals surface area contributed by atoms with Gasteiger partial charge in [0.05, 0.1) is 25.4 Å². The number of aliphatic hydroxyl groups is 6. The van der Waals surface area contributed by atoms with Crippen molar-refractivity contribution >= 4 is 5.97 Å². The van der Waals surface area contributed by atoms with E-state index in [1.165, 1.54) is 5.57 Å². The van der Waals surface area contributed by atoms with Gasteiger partial charge in [-0.25, -0.2) is 4.79 Å². The zero-order valence-corrected chi connectivity index (χ0v) is 28.5. The zero-order chi connectivity index (χ0) is 33.8. The number of fused-ring (bicyclic) bond motifs is 7. The Bertz CT molecular complexity index is 1240. The first-order valence-electron chi connectivity index (χ1n) is 17.5. The molecule has 10 heteroatoms. The summed E-state index contributed by atoms with van der Waals surface area (Å²) in [6.45, 7) is 13.6. The van der Waals surface area contributed by atoms with E-state index in [-0.39, 0.29) is 52.6 Å². The van der Waals surface area contributed by atoms with Crippen LogP contribution in [0.4, 0.5) is 0 Å². The molecule has 1 heterocycles. The molecular formula is C36H58O10. The Hall–Kier alpha value is -1.11. The average molecular weight is 651 g/mol. The predicted molar refractivity (Wildman–Crippen MR) is 168 cm³/mol. The monoisotopic (exact) mass is 650 g/mol. The van der Waals surface area contributed by atoms with Crippen LogP contribution in [0.15, 0.2) is 11.6 Å². The fourth-order valence-corrected chi connectivity index (χ4v) is 12.3. The molecule has 1 saturated heterocycles. The number of hydrogen-bond donors (Lipinski definition) is 7. The molecule has 1 unspecified atom stereocenters. The third-order valence-corrected chi connectivity index (χ3v) is 15.4. The van der Waals surface area contributed by atoms with Gasteiger partial charge < -0.3 is 45.2 Å². The third-order valence-electron chi connectivity index (χ3n) is 15.4. The molecule has 0 amide bonds. The van der Waals surface area contributed by atoms with Crippen molar-refractivity contribution in [1.82, 2.24) is 0 Å². The minimum absolute atomic E-state index is 0.00111. The van der Waals surface area contributed by atoms with E-state index in [0.717, 1.165) is 44.9 Å². The van der Waals surface area contributed by atoms with E-state index in [1.807, 2.05) is 6.92 Å². The molecule has 0 radical (unpaired) electrons. The first-order chi connectivity index (χ1) is 21.3. The van der Waals surface area contributed by atoms with Crippen LogP contribution < -0.4 is 0 Å². The second kappa shape index (κ2) is 11.2. The lowest BCUT2D eigenvalue weighted by atomic mass is 9.33. The molecule has 4 saturated carbocycles. The van der Waals surface area contributed by atoms with Crippen LogP contribution >= 0.6 is 0 Å². The van der Waals surface area contributed by atoms with Crippen molar-refractivity contribution < 1.29 is 50.0 Å². The topological polar surface area (TPSA) is 177 Å². The van der Waals surface area contributed by atoms with Crippen molar-refractivity contribution in [1.29, 1.82) is 0 Å². The molecule has 1 aliphatic heterocycles. The molecule has 0 spiro atoms. The highest BCUT2D eigenvalue weighted by Crippen LogP contribution is 2.75. The number of aliphatic carboxylic acids is 1. The van der Waals surface area contributed by atoms with E-state index < -0.39 is 59.7 Å². The molecule has 6 rings (SSSR count). The molecule has 5 fully saturated rings. The molecule has 46 heavy (non-hydrogen) atoms. The lowest BCUT2D eigenvalue weighted by Gasteiger charge is -2.72. The van der Waals surface area contributed by atoms with E-state index in [0.29, 0.717) is 12.8 Å². The van der Waals surface area contributed by atoms with Gasteiger partial charge in [-0.15, -0.1) is 0 Å². The van der Waals surface area contributed by atoms with E-state index in [4.69, 9.17) is 9.47 Å². The van der Waals surface area contributed by atoms with Crippen molar-refractivity contribution in [2.24, 2.45) is 50.2 Å². The Morgan fingerprint density at radius 2 is 1.57 bits per heavy atom. The van der Waals surface area contributed by atoms with Gasteiger partial charge in [-0.05, 0) is 97.2 Å². The molecular weight excluding hydrogens is 592 g/mol. The standard InChI is InChI=1S/C36H58O10/c1-31(2)13-14-36(18-38)20(15-31)19-7-8-22-32(3)11-10-24(45-30-27(42)25(40)26(41)28(46-30)29(43)44)33(4,17-37)21(32)9-12-34(22,5)35(19,6)16-23(36)39/h7,20-28,30,37-42H,8-18H2,1-6H3,(H,43,44)/t20-,21+,22+,23-,24-,25-,26-,27+,28-,30+,32-,33?,34+,35+,36+/m0/s1. The summed E-state index contributed by atoms with van der Waals surface area (Å²) in [7, 11) is 0. The van der Waals surface area contributed by atoms with Crippen LogP contribution in [-0.2, 0) is 14.3 Å². The second-order valence-corrected chi connectivity index (χ2v) is 17.9. The maximum atomic E-state index is 11.9. The molecule has 0 bridgehead atoms. The van der Waals surface area contributed by atoms with Gasteiger partial charge in [0.15, 0.2) is 12.4 Å². The fourth-order valence-electron chi connectivity index (χ4n) is 12.3. The van der Waals surface area contributed by atoms with Crippen LogP contribution in [0.3, 0.4) is 0 Å². The number of carbonyl (C=O) groups is 1. The van der Waals surface area contributed by atoms with Crippen molar-refractivity contribution in [3.05, 3.63) is 11.6 Å². The highest BCUT2D eigenvalue weighted by Gasteiger charge is 2.70. The van der Waals surface area contributed by atoms with E-state index >= 15 is 0 Å². The van der Waals surface area contributed by atoms with Crippen LogP contribution in [0.1, 0.15) is 99.3 Å². The predicted octanol–water partition coefficient (Wildman–Crippen LogP) is 3.00. The number of carboxylic acids is 1. The van der Waals surface area contributed by atoms with Gasteiger partial charge in [-0.3, -0.25) is 0 Å². The molecule has 262 valence electrons. The minimum atomic E-state index is -1.80. The average Bonchev–Trinajstić information content (AvgIpc) is 2.98. The molecule has 15 atom stereocenters. The van der Waals surface area contributed by atoms with Gasteiger partial charge in [0, 0.05) is 10.8 Å². The van der Waals surface area contributed by atoms with Gasteiger partial charge in [-0.2, -0.15) is 0 Å². The SMILES string of the molecule is CC1(C)CC[C@]2(CO)[C@@H](O)C[C@]3(C)C(=CC[C@@H]4[C@@]5(C)CC[C@H](O[C@@H]6O[C@H](C(=O)O)[C@@H](O)[C@H](O)[C@H]6O)C(C)(CO)[C@@H]5CC[C@]43C)[C@@H]2C1. The molecule has 10 nitrogen and oxygen atoms in total.